The van der Waals surface area contributed by atoms with Gasteiger partial charge in [0.25, 0.3) is 5.91 Å². The molecule has 3 heterocycles. The maximum absolute atomic E-state index is 13.2. The van der Waals surface area contributed by atoms with Crippen LogP contribution in [0.4, 0.5) is 4.39 Å². The number of allylic oxidation sites excluding steroid dienone is 2. The number of halogens is 1. The molecule has 220 valence electrons. The van der Waals surface area contributed by atoms with Crippen LogP contribution >= 0.6 is 0 Å². The van der Waals surface area contributed by atoms with Crippen LogP contribution in [0.1, 0.15) is 54.1 Å². The Labute approximate surface area is 247 Å². The zero-order valence-electron chi connectivity index (χ0n) is 24.4. The van der Waals surface area contributed by atoms with E-state index in [2.05, 4.69) is 41.9 Å². The molecular weight excluding hydrogens is 529 g/mol. The molecule has 42 heavy (non-hydrogen) atoms. The number of piperidine rings is 2. The van der Waals surface area contributed by atoms with Crippen molar-refractivity contribution >= 4 is 11.8 Å². The fourth-order valence-electron chi connectivity index (χ4n) is 6.82. The summed E-state index contributed by atoms with van der Waals surface area (Å²) < 4.78 is 19.5. The lowest BCUT2D eigenvalue weighted by molar-refractivity contribution is -0.126. The molecular formula is C35H40FN3O3. The van der Waals surface area contributed by atoms with Crippen molar-refractivity contribution in [3.8, 4) is 5.75 Å². The molecule has 3 atom stereocenters. The Morgan fingerprint density at radius 1 is 1.07 bits per heavy atom. The first kappa shape index (κ1) is 28.4. The molecule has 3 unspecified atom stereocenters. The van der Waals surface area contributed by atoms with Crippen LogP contribution in [0.25, 0.3) is 0 Å². The van der Waals surface area contributed by atoms with Crippen molar-refractivity contribution in [1.82, 2.24) is 15.1 Å². The number of carbonyl (C=O) groups excluding carboxylic acids is 2. The molecule has 0 saturated carbocycles. The summed E-state index contributed by atoms with van der Waals surface area (Å²) in [5, 5.41) is 2.79. The molecule has 0 radical (unpaired) electrons. The van der Waals surface area contributed by atoms with E-state index >= 15 is 0 Å². The van der Waals surface area contributed by atoms with Gasteiger partial charge in [0.15, 0.2) is 0 Å². The largest absolute Gasteiger partial charge is 0.489 e. The quantitative estimate of drug-likeness (QED) is 0.446. The van der Waals surface area contributed by atoms with E-state index in [1.807, 2.05) is 30.3 Å². The minimum absolute atomic E-state index is 0.115. The number of benzene rings is 2. The van der Waals surface area contributed by atoms with Gasteiger partial charge in [0.2, 0.25) is 5.91 Å². The second-order valence-electron chi connectivity index (χ2n) is 12.3. The average Bonchev–Trinajstić information content (AvgIpc) is 3.32. The lowest BCUT2D eigenvalue weighted by atomic mass is 9.85. The van der Waals surface area contributed by atoms with Gasteiger partial charge < -0.3 is 19.9 Å². The lowest BCUT2D eigenvalue weighted by Crippen LogP contribution is -2.49. The summed E-state index contributed by atoms with van der Waals surface area (Å²) in [5.41, 5.74) is 4.55. The Kier molecular flexibility index (Phi) is 8.29. The topological polar surface area (TPSA) is 61.9 Å². The number of hydrogen-bond acceptors (Lipinski definition) is 4. The molecule has 2 fully saturated rings. The SMILES string of the molecule is C=C1CCC(N2Cc3c(OCC4=CC(C)C(CN5CCC(Cc6ccc(F)cc6)CC5)C=C4)cccc3C2=O)C(=O)N1. The molecule has 3 aliphatic heterocycles. The molecule has 2 saturated heterocycles. The van der Waals surface area contributed by atoms with Crippen LogP contribution in [0.5, 0.6) is 5.75 Å². The second kappa shape index (κ2) is 12.3. The number of rotatable bonds is 8. The fourth-order valence-corrected chi connectivity index (χ4v) is 6.82. The number of hydrogen-bond donors (Lipinski definition) is 1. The number of nitrogens with one attached hydrogen (secondary N) is 1. The molecule has 4 aliphatic rings. The maximum Gasteiger partial charge on any atom is 0.255 e. The van der Waals surface area contributed by atoms with Crippen LogP contribution in [0.2, 0.25) is 0 Å². The van der Waals surface area contributed by atoms with Gasteiger partial charge in [0, 0.05) is 23.4 Å². The maximum atomic E-state index is 13.2. The minimum atomic E-state index is -0.481. The van der Waals surface area contributed by atoms with E-state index < -0.39 is 6.04 Å². The van der Waals surface area contributed by atoms with Crippen molar-refractivity contribution in [2.75, 3.05) is 26.2 Å². The van der Waals surface area contributed by atoms with Gasteiger partial charge in [-0.25, -0.2) is 4.39 Å². The van der Waals surface area contributed by atoms with Crippen LogP contribution in [-0.2, 0) is 17.8 Å². The van der Waals surface area contributed by atoms with Gasteiger partial charge in [0.1, 0.15) is 24.2 Å². The first-order valence-electron chi connectivity index (χ1n) is 15.2. The first-order valence-corrected chi connectivity index (χ1v) is 15.2. The standard InChI is InChI=1S/C35H40FN3O3/c1-23-18-27(7-10-28(23)20-38-16-14-26(15-17-38)19-25-8-11-29(36)12-9-25)22-42-33-5-3-4-30-31(33)21-39(35(30)41)32-13-6-24(2)37-34(32)40/h3-5,7-12,18,23,26,28,32H,2,6,13-17,19-22H2,1H3,(H,37,40). The Morgan fingerprint density at radius 2 is 1.86 bits per heavy atom. The zero-order chi connectivity index (χ0) is 29.2. The summed E-state index contributed by atoms with van der Waals surface area (Å²) in [6, 6.07) is 12.1. The molecule has 0 spiro atoms. The highest BCUT2D eigenvalue weighted by Crippen LogP contribution is 2.35. The van der Waals surface area contributed by atoms with Gasteiger partial charge in [-0.05, 0) is 98.3 Å². The van der Waals surface area contributed by atoms with Gasteiger partial charge in [-0.3, -0.25) is 9.59 Å². The smallest absolute Gasteiger partial charge is 0.255 e. The molecule has 0 bridgehead atoms. The van der Waals surface area contributed by atoms with Crippen LogP contribution in [0, 0.1) is 23.6 Å². The van der Waals surface area contributed by atoms with E-state index in [0.717, 1.165) is 37.2 Å². The number of likely N-dealkylation sites (tertiary alicyclic amines) is 1. The Bertz CT molecular complexity index is 1410. The molecule has 2 amide bonds. The van der Waals surface area contributed by atoms with Gasteiger partial charge in [-0.2, -0.15) is 0 Å². The summed E-state index contributed by atoms with van der Waals surface area (Å²) in [6.45, 7) is 10.2. The number of fused-ring (bicyclic) bond motifs is 1. The molecule has 2 aromatic carbocycles. The Balaban J connectivity index is 0.995. The minimum Gasteiger partial charge on any atom is -0.489 e. The summed E-state index contributed by atoms with van der Waals surface area (Å²) in [7, 11) is 0. The van der Waals surface area contributed by atoms with E-state index in [1.54, 1.807) is 17.0 Å². The van der Waals surface area contributed by atoms with E-state index in [-0.39, 0.29) is 17.6 Å². The third kappa shape index (κ3) is 6.21. The second-order valence-corrected chi connectivity index (χ2v) is 12.3. The van der Waals surface area contributed by atoms with Crippen molar-refractivity contribution in [2.24, 2.45) is 17.8 Å². The third-order valence-corrected chi connectivity index (χ3v) is 9.37. The number of ether oxygens (including phenoxy) is 1. The molecule has 1 aliphatic carbocycles. The summed E-state index contributed by atoms with van der Waals surface area (Å²) >= 11 is 0. The van der Waals surface area contributed by atoms with Crippen molar-refractivity contribution in [2.45, 2.75) is 51.6 Å². The normalized spacial score (nSPS) is 24.9. The van der Waals surface area contributed by atoms with Gasteiger partial charge in [-0.15, -0.1) is 0 Å². The molecule has 6 nitrogen and oxygen atoms in total. The predicted octanol–water partition coefficient (Wildman–Crippen LogP) is 5.66. The molecule has 2 aromatic rings. The molecule has 6 rings (SSSR count). The fraction of sp³-hybridized carbons (Fsp3) is 0.429. The summed E-state index contributed by atoms with van der Waals surface area (Å²) in [5.74, 6) is 1.79. The Hall–Kier alpha value is -3.71. The molecule has 7 heteroatoms. The van der Waals surface area contributed by atoms with Crippen molar-refractivity contribution < 1.29 is 18.7 Å². The highest BCUT2D eigenvalue weighted by Gasteiger charge is 2.39. The Morgan fingerprint density at radius 3 is 2.60 bits per heavy atom. The summed E-state index contributed by atoms with van der Waals surface area (Å²) in [6.07, 6.45) is 11.5. The third-order valence-electron chi connectivity index (χ3n) is 9.37. The van der Waals surface area contributed by atoms with Gasteiger partial charge >= 0.3 is 0 Å². The number of nitrogens with zero attached hydrogens (tertiary/aromatic N) is 2. The van der Waals surface area contributed by atoms with Gasteiger partial charge in [0.05, 0.1) is 6.54 Å². The lowest BCUT2D eigenvalue weighted by Gasteiger charge is -2.35. The van der Waals surface area contributed by atoms with Crippen LogP contribution in [0.3, 0.4) is 0 Å². The highest BCUT2D eigenvalue weighted by atomic mass is 19.1. The van der Waals surface area contributed by atoms with Crippen molar-refractivity contribution in [3.63, 3.8) is 0 Å². The van der Waals surface area contributed by atoms with Crippen molar-refractivity contribution in [1.29, 1.82) is 0 Å². The van der Waals surface area contributed by atoms with E-state index in [1.165, 1.54) is 18.4 Å². The van der Waals surface area contributed by atoms with E-state index in [4.69, 9.17) is 4.74 Å². The monoisotopic (exact) mass is 569 g/mol. The zero-order valence-corrected chi connectivity index (χ0v) is 24.4. The molecule has 0 aromatic heterocycles. The van der Waals surface area contributed by atoms with Crippen LogP contribution in [0.15, 0.2) is 78.5 Å². The highest BCUT2D eigenvalue weighted by molar-refractivity contribution is 6.02. The van der Waals surface area contributed by atoms with Crippen LogP contribution in [-0.4, -0.2) is 53.9 Å². The van der Waals surface area contributed by atoms with Gasteiger partial charge in [-0.1, -0.05) is 49.9 Å². The first-order chi connectivity index (χ1) is 20.3. The molecule has 1 N–H and O–H groups in total. The summed E-state index contributed by atoms with van der Waals surface area (Å²) in [4.78, 5) is 30.0. The number of carbonyl (C=O) groups is 2. The van der Waals surface area contributed by atoms with Crippen LogP contribution < -0.4 is 10.1 Å². The van der Waals surface area contributed by atoms with E-state index in [9.17, 15) is 14.0 Å². The number of amides is 2. The van der Waals surface area contributed by atoms with E-state index in [0.29, 0.717) is 60.8 Å². The van der Waals surface area contributed by atoms with Crippen molar-refractivity contribution in [3.05, 3.63) is 101 Å². The predicted molar refractivity (Wildman–Crippen MR) is 161 cm³/mol. The average molecular weight is 570 g/mol.